The minimum Gasteiger partial charge on any atom is -0.481 e. The first-order valence-corrected chi connectivity index (χ1v) is 10.9. The number of carbonyl (C=O) groups excluding carboxylic acids is 1. The number of carbonyl (C=O) groups is 2. The summed E-state index contributed by atoms with van der Waals surface area (Å²) in [6.07, 6.45) is 17.5. The number of carboxylic acids is 1. The van der Waals surface area contributed by atoms with E-state index >= 15 is 0 Å². The monoisotopic (exact) mass is 414 g/mol. The Kier molecular flexibility index (Phi) is 11.2. The molecule has 30 heavy (non-hydrogen) atoms. The zero-order valence-corrected chi connectivity index (χ0v) is 19.3. The molecule has 0 saturated carbocycles. The molecule has 0 atom stereocenters. The molecule has 1 rings (SSSR count). The van der Waals surface area contributed by atoms with Crippen molar-refractivity contribution in [2.45, 2.75) is 79.6 Å². The third-order valence-corrected chi connectivity index (χ3v) is 5.44. The Balaban J connectivity index is 2.44. The Hall–Kier alpha value is -2.36. The van der Waals surface area contributed by atoms with E-state index in [2.05, 4.69) is 45.9 Å². The highest BCUT2D eigenvalue weighted by molar-refractivity contribution is 5.69. The van der Waals surface area contributed by atoms with E-state index in [0.29, 0.717) is 12.8 Å². The minimum atomic E-state index is -0.835. The van der Waals surface area contributed by atoms with Gasteiger partial charge in [-0.1, -0.05) is 60.9 Å². The van der Waals surface area contributed by atoms with E-state index in [1.165, 1.54) is 36.0 Å². The number of esters is 1. The highest BCUT2D eigenvalue weighted by atomic mass is 16.5. The highest BCUT2D eigenvalue weighted by Crippen LogP contribution is 2.40. The normalized spacial score (nSPS) is 17.8. The summed E-state index contributed by atoms with van der Waals surface area (Å²) in [5.41, 5.74) is 5.43. The molecule has 0 unspecified atom stereocenters. The van der Waals surface area contributed by atoms with Crippen LogP contribution in [0.4, 0.5) is 0 Å². The van der Waals surface area contributed by atoms with Crippen molar-refractivity contribution in [1.29, 1.82) is 0 Å². The van der Waals surface area contributed by atoms with Gasteiger partial charge in [-0.3, -0.25) is 9.59 Å². The van der Waals surface area contributed by atoms with E-state index < -0.39 is 5.97 Å². The van der Waals surface area contributed by atoms with E-state index in [1.54, 1.807) is 0 Å². The number of aliphatic carboxylic acids is 1. The summed E-state index contributed by atoms with van der Waals surface area (Å²) in [7, 11) is 0. The lowest BCUT2D eigenvalue weighted by atomic mass is 9.72. The van der Waals surface area contributed by atoms with Crippen LogP contribution in [0.5, 0.6) is 0 Å². The lowest BCUT2D eigenvalue weighted by Crippen LogP contribution is -2.19. The maximum atomic E-state index is 11.6. The summed E-state index contributed by atoms with van der Waals surface area (Å²) in [6.45, 7) is 11.2. The van der Waals surface area contributed by atoms with Crippen molar-refractivity contribution in [1.82, 2.24) is 0 Å². The van der Waals surface area contributed by atoms with E-state index in [9.17, 15) is 9.59 Å². The van der Waals surface area contributed by atoms with Gasteiger partial charge in [0, 0.05) is 12.8 Å². The Morgan fingerprint density at radius 3 is 2.47 bits per heavy atom. The molecule has 0 fully saturated rings. The van der Waals surface area contributed by atoms with Crippen LogP contribution in [0.15, 0.2) is 58.7 Å². The Morgan fingerprint density at radius 1 is 1.10 bits per heavy atom. The fourth-order valence-electron chi connectivity index (χ4n) is 3.58. The second kappa shape index (κ2) is 13.0. The Labute approximate surface area is 182 Å². The number of allylic oxidation sites excluding steroid dienone is 9. The van der Waals surface area contributed by atoms with Crippen LogP contribution in [0, 0.1) is 5.41 Å². The van der Waals surface area contributed by atoms with Gasteiger partial charge in [-0.25, -0.2) is 0 Å². The van der Waals surface area contributed by atoms with E-state index in [1.807, 2.05) is 25.2 Å². The van der Waals surface area contributed by atoms with Crippen LogP contribution in [0.3, 0.4) is 0 Å². The maximum absolute atomic E-state index is 11.6. The molecule has 0 saturated heterocycles. The van der Waals surface area contributed by atoms with Crippen molar-refractivity contribution >= 4 is 11.9 Å². The van der Waals surface area contributed by atoms with E-state index in [-0.39, 0.29) is 30.8 Å². The molecule has 166 valence electrons. The fraction of sp³-hybridized carbons (Fsp3) is 0.538. The van der Waals surface area contributed by atoms with Gasteiger partial charge in [-0.15, -0.1) is 0 Å². The highest BCUT2D eigenvalue weighted by Gasteiger charge is 2.26. The second-order valence-electron chi connectivity index (χ2n) is 8.77. The van der Waals surface area contributed by atoms with Gasteiger partial charge in [0.25, 0.3) is 0 Å². The number of rotatable bonds is 11. The number of ether oxygens (including phenoxy) is 1. The van der Waals surface area contributed by atoms with Gasteiger partial charge in [-0.2, -0.15) is 0 Å². The minimum absolute atomic E-state index is 0.0914. The molecule has 0 bridgehead atoms. The molecular weight excluding hydrogens is 376 g/mol. The fourth-order valence-corrected chi connectivity index (χ4v) is 3.58. The number of hydrogen-bond acceptors (Lipinski definition) is 3. The average molecular weight is 415 g/mol. The average Bonchev–Trinajstić information content (AvgIpc) is 2.64. The lowest BCUT2D eigenvalue weighted by molar-refractivity contribution is -0.143. The van der Waals surface area contributed by atoms with E-state index in [4.69, 9.17) is 9.84 Å². The third kappa shape index (κ3) is 10.4. The molecular formula is C26H38O4. The van der Waals surface area contributed by atoms with Crippen LogP contribution >= 0.6 is 0 Å². The van der Waals surface area contributed by atoms with Crippen molar-refractivity contribution < 1.29 is 19.4 Å². The van der Waals surface area contributed by atoms with Crippen LogP contribution < -0.4 is 0 Å². The van der Waals surface area contributed by atoms with Gasteiger partial charge >= 0.3 is 11.9 Å². The molecule has 0 aliphatic heterocycles. The molecule has 1 N–H and O–H groups in total. The quantitative estimate of drug-likeness (QED) is 0.232. The summed E-state index contributed by atoms with van der Waals surface area (Å²) in [6, 6.07) is 0. The maximum Gasteiger partial charge on any atom is 0.306 e. The van der Waals surface area contributed by atoms with Crippen LogP contribution in [0.1, 0.15) is 79.6 Å². The predicted molar refractivity (Wildman–Crippen MR) is 123 cm³/mol. The standard InChI is InChI=1S/C26H38O4/c1-20(15-16-23-22(3)12-9-18-26(23,4)5)10-8-11-21(2)17-19-30-25(29)14-7-6-13-24(27)28/h8,10-11,15-17H,6-7,9,12-14,18-19H2,1-5H3,(H,27,28). The zero-order valence-electron chi connectivity index (χ0n) is 19.3. The molecule has 4 heteroatoms. The van der Waals surface area contributed by atoms with Crippen molar-refractivity contribution in [3.8, 4) is 0 Å². The van der Waals surface area contributed by atoms with E-state index in [0.717, 1.165) is 5.57 Å². The van der Waals surface area contributed by atoms with Crippen molar-refractivity contribution in [2.24, 2.45) is 5.41 Å². The van der Waals surface area contributed by atoms with Gasteiger partial charge in [0.15, 0.2) is 0 Å². The molecule has 0 aromatic carbocycles. The Bertz CT molecular complexity index is 745. The molecule has 0 aromatic heterocycles. The summed E-state index contributed by atoms with van der Waals surface area (Å²) < 4.78 is 5.15. The zero-order chi connectivity index (χ0) is 22.6. The Morgan fingerprint density at radius 2 is 1.80 bits per heavy atom. The van der Waals surface area contributed by atoms with Crippen LogP contribution in [-0.4, -0.2) is 23.7 Å². The van der Waals surface area contributed by atoms with Crippen LogP contribution in [0.2, 0.25) is 0 Å². The molecule has 1 aliphatic rings. The molecule has 0 heterocycles. The largest absolute Gasteiger partial charge is 0.481 e. The molecule has 0 aromatic rings. The summed E-state index contributed by atoms with van der Waals surface area (Å²) in [5.74, 6) is -1.12. The van der Waals surface area contributed by atoms with Crippen molar-refractivity contribution in [2.75, 3.05) is 6.61 Å². The predicted octanol–water partition coefficient (Wildman–Crippen LogP) is 6.71. The van der Waals surface area contributed by atoms with Crippen molar-refractivity contribution in [3.05, 3.63) is 58.7 Å². The summed E-state index contributed by atoms with van der Waals surface area (Å²) in [4.78, 5) is 22.0. The van der Waals surface area contributed by atoms with Gasteiger partial charge in [0.05, 0.1) is 0 Å². The third-order valence-electron chi connectivity index (χ3n) is 5.44. The first kappa shape index (κ1) is 25.7. The SMILES string of the molecule is CC(C=CC1=C(C)CCCC1(C)C)=CC=CC(C)=CCOC(=O)CCCCC(=O)O. The lowest BCUT2D eigenvalue weighted by Gasteiger charge is -2.32. The number of carboxylic acid groups (broad SMARTS) is 1. The molecule has 1 aliphatic carbocycles. The smallest absolute Gasteiger partial charge is 0.306 e. The number of hydrogen-bond donors (Lipinski definition) is 1. The first-order chi connectivity index (χ1) is 14.1. The van der Waals surface area contributed by atoms with Crippen LogP contribution in [-0.2, 0) is 14.3 Å². The van der Waals surface area contributed by atoms with Crippen LogP contribution in [0.25, 0.3) is 0 Å². The topological polar surface area (TPSA) is 63.6 Å². The summed E-state index contributed by atoms with van der Waals surface area (Å²) >= 11 is 0. The molecule has 0 spiro atoms. The molecule has 0 radical (unpaired) electrons. The molecule has 0 amide bonds. The number of unbranched alkanes of at least 4 members (excludes halogenated alkanes) is 1. The van der Waals surface area contributed by atoms with Gasteiger partial charge < -0.3 is 9.84 Å². The van der Waals surface area contributed by atoms with Gasteiger partial charge in [0.1, 0.15) is 6.61 Å². The first-order valence-electron chi connectivity index (χ1n) is 10.9. The summed E-state index contributed by atoms with van der Waals surface area (Å²) in [5, 5.41) is 8.57. The van der Waals surface area contributed by atoms with Gasteiger partial charge in [-0.05, 0) is 69.9 Å². The second-order valence-corrected chi connectivity index (χ2v) is 8.77. The van der Waals surface area contributed by atoms with Gasteiger partial charge in [0.2, 0.25) is 0 Å². The van der Waals surface area contributed by atoms with Crippen molar-refractivity contribution in [3.63, 3.8) is 0 Å². The molecule has 4 nitrogen and oxygen atoms in total.